The summed E-state index contributed by atoms with van der Waals surface area (Å²) in [5.41, 5.74) is 3.09. The molecule has 1 aromatic heterocycles. The van der Waals surface area contributed by atoms with E-state index in [1.54, 1.807) is 4.68 Å². The van der Waals surface area contributed by atoms with Crippen LogP contribution < -0.4 is 5.32 Å². The second-order valence-electron chi connectivity index (χ2n) is 8.69. The largest absolute Gasteiger partial charge is 0.322 e. The Balaban J connectivity index is 1.53. The van der Waals surface area contributed by atoms with Gasteiger partial charge in [-0.2, -0.15) is 0 Å². The maximum atomic E-state index is 12.8. The third-order valence-corrected chi connectivity index (χ3v) is 5.54. The van der Waals surface area contributed by atoms with Gasteiger partial charge >= 0.3 is 6.03 Å². The molecule has 2 fully saturated rings. The Kier molecular flexibility index (Phi) is 3.18. The van der Waals surface area contributed by atoms with Gasteiger partial charge in [0.2, 0.25) is 0 Å². The van der Waals surface area contributed by atoms with Crippen molar-refractivity contribution >= 4 is 22.8 Å². The van der Waals surface area contributed by atoms with E-state index < -0.39 is 0 Å². The first-order valence-electron chi connectivity index (χ1n) is 8.62. The fraction of sp³-hybridized carbons (Fsp3) is 0.611. The highest BCUT2D eigenvalue weighted by molar-refractivity contribution is 5.92. The SMILES string of the molecule is Cn1nnc2cc(NC(=O)N3C[C@]4(C)CC3CC(C)(C)C4)ccc21. The minimum absolute atomic E-state index is 0.00432. The van der Waals surface area contributed by atoms with Gasteiger partial charge in [-0.1, -0.05) is 26.0 Å². The van der Waals surface area contributed by atoms with E-state index in [0.29, 0.717) is 11.5 Å². The van der Waals surface area contributed by atoms with E-state index in [0.717, 1.165) is 36.1 Å². The molecule has 24 heavy (non-hydrogen) atoms. The molecular weight excluding hydrogens is 302 g/mol. The summed E-state index contributed by atoms with van der Waals surface area (Å²) in [6.07, 6.45) is 3.39. The summed E-state index contributed by atoms with van der Waals surface area (Å²) in [7, 11) is 1.86. The minimum atomic E-state index is 0.00432. The van der Waals surface area contributed by atoms with Gasteiger partial charge in [0.25, 0.3) is 0 Å². The summed E-state index contributed by atoms with van der Waals surface area (Å²) >= 11 is 0. The van der Waals surface area contributed by atoms with Crippen LogP contribution in [0, 0.1) is 10.8 Å². The van der Waals surface area contributed by atoms with Gasteiger partial charge in [0.1, 0.15) is 5.52 Å². The van der Waals surface area contributed by atoms with Gasteiger partial charge in [0.05, 0.1) is 5.52 Å². The van der Waals surface area contributed by atoms with E-state index in [2.05, 4.69) is 36.4 Å². The topological polar surface area (TPSA) is 63.1 Å². The average Bonchev–Trinajstić information content (AvgIpc) is 2.95. The predicted octanol–water partition coefficient (Wildman–Crippen LogP) is 3.40. The van der Waals surface area contributed by atoms with Crippen LogP contribution in [-0.2, 0) is 7.05 Å². The van der Waals surface area contributed by atoms with Gasteiger partial charge in [0.15, 0.2) is 0 Å². The molecule has 128 valence electrons. The van der Waals surface area contributed by atoms with Crippen molar-refractivity contribution < 1.29 is 4.79 Å². The van der Waals surface area contributed by atoms with Gasteiger partial charge in [0, 0.05) is 25.3 Å². The van der Waals surface area contributed by atoms with Gasteiger partial charge in [-0.25, -0.2) is 9.48 Å². The highest BCUT2D eigenvalue weighted by Crippen LogP contribution is 2.52. The van der Waals surface area contributed by atoms with Crippen LogP contribution in [0.4, 0.5) is 10.5 Å². The lowest BCUT2D eigenvalue weighted by molar-refractivity contribution is 0.130. The maximum Gasteiger partial charge on any atom is 0.322 e. The third kappa shape index (κ3) is 2.54. The normalized spacial score (nSPS) is 28.3. The number of hydrogen-bond donors (Lipinski definition) is 1. The number of anilines is 1. The van der Waals surface area contributed by atoms with Crippen LogP contribution in [0.2, 0.25) is 0 Å². The average molecular weight is 327 g/mol. The predicted molar refractivity (Wildman–Crippen MR) is 93.8 cm³/mol. The molecule has 6 nitrogen and oxygen atoms in total. The lowest BCUT2D eigenvalue weighted by Gasteiger charge is -2.39. The number of fused-ring (bicyclic) bond motifs is 3. The first-order valence-corrected chi connectivity index (χ1v) is 8.62. The number of hydrogen-bond acceptors (Lipinski definition) is 3. The lowest BCUT2D eigenvalue weighted by atomic mass is 9.65. The number of rotatable bonds is 1. The summed E-state index contributed by atoms with van der Waals surface area (Å²) in [6.45, 7) is 7.81. The zero-order valence-electron chi connectivity index (χ0n) is 14.8. The number of benzene rings is 1. The van der Waals surface area contributed by atoms with Gasteiger partial charge < -0.3 is 10.2 Å². The monoisotopic (exact) mass is 327 g/mol. The zero-order chi connectivity index (χ0) is 17.1. The number of urea groups is 1. The Morgan fingerprint density at radius 3 is 2.88 bits per heavy atom. The molecule has 2 atom stereocenters. The first-order chi connectivity index (χ1) is 11.2. The van der Waals surface area contributed by atoms with Gasteiger partial charge in [-0.15, -0.1) is 5.10 Å². The fourth-order valence-corrected chi connectivity index (χ4v) is 5.01. The minimum Gasteiger partial charge on any atom is -0.321 e. The second-order valence-corrected chi connectivity index (χ2v) is 8.69. The number of aromatic nitrogens is 3. The molecule has 1 aromatic carbocycles. The summed E-state index contributed by atoms with van der Waals surface area (Å²) in [5.74, 6) is 0. The molecule has 2 aliphatic rings. The van der Waals surface area contributed by atoms with Crippen molar-refractivity contribution in [3.63, 3.8) is 0 Å². The quantitative estimate of drug-likeness (QED) is 0.873. The molecule has 1 N–H and O–H groups in total. The van der Waals surface area contributed by atoms with Gasteiger partial charge in [-0.3, -0.25) is 0 Å². The van der Waals surface area contributed by atoms with Crippen molar-refractivity contribution in [2.24, 2.45) is 17.9 Å². The molecule has 6 heteroatoms. The molecule has 2 amide bonds. The Morgan fingerprint density at radius 1 is 1.29 bits per heavy atom. The molecule has 2 heterocycles. The lowest BCUT2D eigenvalue weighted by Crippen LogP contribution is -2.40. The molecular formula is C18H25N5O. The number of nitrogens with one attached hydrogen (secondary N) is 1. The Bertz CT molecular complexity index is 811. The van der Waals surface area contributed by atoms with Gasteiger partial charge in [-0.05, 0) is 48.3 Å². The summed E-state index contributed by atoms with van der Waals surface area (Å²) in [4.78, 5) is 14.9. The van der Waals surface area contributed by atoms with Crippen molar-refractivity contribution in [1.82, 2.24) is 19.9 Å². The van der Waals surface area contributed by atoms with Crippen molar-refractivity contribution in [3.8, 4) is 0 Å². The van der Waals surface area contributed by atoms with Crippen LogP contribution in [0.1, 0.15) is 40.0 Å². The number of nitrogens with zero attached hydrogens (tertiary/aromatic N) is 4. The van der Waals surface area contributed by atoms with Crippen LogP contribution in [0.25, 0.3) is 11.0 Å². The molecule has 1 unspecified atom stereocenters. The molecule has 0 radical (unpaired) electrons. The second kappa shape index (κ2) is 4.94. The highest BCUT2D eigenvalue weighted by Gasteiger charge is 2.50. The molecule has 1 saturated heterocycles. The van der Waals surface area contributed by atoms with Crippen LogP contribution in [0.5, 0.6) is 0 Å². The molecule has 1 aliphatic heterocycles. The Hall–Kier alpha value is -2.11. The number of carbonyl (C=O) groups excluding carboxylic acids is 1. The summed E-state index contributed by atoms with van der Waals surface area (Å²) in [5, 5.41) is 11.2. The molecule has 2 bridgehead atoms. The Labute approximate surface area is 142 Å². The third-order valence-electron chi connectivity index (χ3n) is 5.54. The number of carbonyl (C=O) groups is 1. The van der Waals surface area contributed by atoms with Crippen LogP contribution in [0.15, 0.2) is 18.2 Å². The van der Waals surface area contributed by atoms with Crippen LogP contribution in [0.3, 0.4) is 0 Å². The number of aryl methyl sites for hydroxylation is 1. The van der Waals surface area contributed by atoms with Crippen LogP contribution >= 0.6 is 0 Å². The van der Waals surface area contributed by atoms with Crippen molar-refractivity contribution in [2.45, 2.75) is 46.1 Å². The number of amides is 2. The fourth-order valence-electron chi connectivity index (χ4n) is 5.01. The first kappa shape index (κ1) is 15.4. The van der Waals surface area contributed by atoms with Crippen molar-refractivity contribution in [1.29, 1.82) is 0 Å². The Morgan fingerprint density at radius 2 is 2.08 bits per heavy atom. The van der Waals surface area contributed by atoms with Crippen LogP contribution in [-0.4, -0.2) is 38.5 Å². The molecule has 4 rings (SSSR count). The van der Waals surface area contributed by atoms with E-state index >= 15 is 0 Å². The van der Waals surface area contributed by atoms with Crippen molar-refractivity contribution in [3.05, 3.63) is 18.2 Å². The highest BCUT2D eigenvalue weighted by atomic mass is 16.2. The van der Waals surface area contributed by atoms with Crippen molar-refractivity contribution in [2.75, 3.05) is 11.9 Å². The van der Waals surface area contributed by atoms with E-state index in [1.807, 2.05) is 30.1 Å². The molecule has 2 aromatic rings. The smallest absolute Gasteiger partial charge is 0.321 e. The van der Waals surface area contributed by atoms with E-state index in [4.69, 9.17) is 0 Å². The number of likely N-dealkylation sites (tertiary alicyclic amines) is 1. The molecule has 1 saturated carbocycles. The van der Waals surface area contributed by atoms with E-state index in [9.17, 15) is 4.79 Å². The summed E-state index contributed by atoms with van der Waals surface area (Å²) < 4.78 is 1.73. The van der Waals surface area contributed by atoms with E-state index in [-0.39, 0.29) is 11.4 Å². The standard InChI is InChI=1S/C18H25N5O/c1-17(2)8-13-9-18(3,10-17)11-23(13)16(24)19-12-5-6-15-14(7-12)20-21-22(15)4/h5-7,13H,8-11H2,1-4H3,(H,19,24)/t13?,18-/m1/s1. The zero-order valence-corrected chi connectivity index (χ0v) is 14.8. The summed E-state index contributed by atoms with van der Waals surface area (Å²) in [6, 6.07) is 6.09. The maximum absolute atomic E-state index is 12.8. The molecule has 1 aliphatic carbocycles. The molecule has 0 spiro atoms. The van der Waals surface area contributed by atoms with E-state index in [1.165, 1.54) is 6.42 Å².